The molecule has 0 radical (unpaired) electrons. The van der Waals surface area contributed by atoms with Gasteiger partial charge in [-0.25, -0.2) is 9.59 Å². The Kier molecular flexibility index (Phi) is 5.19. The zero-order chi connectivity index (χ0) is 18.8. The lowest BCUT2D eigenvalue weighted by Crippen LogP contribution is -2.35. The molecule has 0 aromatic heterocycles. The second-order valence-electron chi connectivity index (χ2n) is 5.50. The van der Waals surface area contributed by atoms with Gasteiger partial charge in [-0.1, -0.05) is 0 Å². The van der Waals surface area contributed by atoms with Crippen LogP contribution in [0, 0.1) is 11.8 Å². The Morgan fingerprint density at radius 3 is 2.24 bits per heavy atom. The van der Waals surface area contributed by atoms with Crippen molar-refractivity contribution in [1.29, 1.82) is 0 Å². The first-order valence-electron chi connectivity index (χ1n) is 7.17. The molecule has 2 atom stereocenters. The first-order chi connectivity index (χ1) is 11.6. The third kappa shape index (κ3) is 4.20. The van der Waals surface area contributed by atoms with Crippen molar-refractivity contribution in [3.8, 4) is 0 Å². The monoisotopic (exact) mass is 360 g/mol. The lowest BCUT2D eigenvalue weighted by Gasteiger charge is -2.18. The van der Waals surface area contributed by atoms with Crippen LogP contribution in [0.15, 0.2) is 24.3 Å². The van der Waals surface area contributed by atoms with Crippen LogP contribution in [0.1, 0.15) is 10.4 Å². The number of alkyl halides is 3. The van der Waals surface area contributed by atoms with Gasteiger partial charge in [0.1, 0.15) is 0 Å². The van der Waals surface area contributed by atoms with Gasteiger partial charge in [-0.3, -0.25) is 4.79 Å². The summed E-state index contributed by atoms with van der Waals surface area (Å²) in [4.78, 5) is 35.2. The van der Waals surface area contributed by atoms with E-state index >= 15 is 0 Å². The van der Waals surface area contributed by atoms with E-state index in [0.29, 0.717) is 0 Å². The number of rotatable bonds is 3. The zero-order valence-corrected chi connectivity index (χ0v) is 13.0. The van der Waals surface area contributed by atoms with Gasteiger partial charge >= 0.3 is 24.1 Å². The number of hydrogen-bond acceptors (Lipinski definition) is 4. The minimum atomic E-state index is -4.71. The molecule has 136 valence electrons. The van der Waals surface area contributed by atoms with E-state index in [1.807, 2.05) is 0 Å². The smallest absolute Gasteiger partial charge is 0.394 e. The molecule has 1 aliphatic rings. The topological polar surface area (TPSA) is 95.9 Å². The maximum absolute atomic E-state index is 12.9. The zero-order valence-electron chi connectivity index (χ0n) is 13.0. The summed E-state index contributed by atoms with van der Waals surface area (Å²) in [6.07, 6.45) is -4.71. The largest absolute Gasteiger partial charge is 0.481 e. The van der Waals surface area contributed by atoms with Crippen molar-refractivity contribution < 1.29 is 37.4 Å². The van der Waals surface area contributed by atoms with Crippen LogP contribution in [0.25, 0.3) is 0 Å². The van der Waals surface area contributed by atoms with Crippen molar-refractivity contribution in [2.45, 2.75) is 6.18 Å². The maximum Gasteiger partial charge on any atom is 0.394 e. The standard InChI is InChI=1S/C15H15F3N2O5/c1-25-13(23)8-2-4-9(5-3-8)19-14(24)20-6-10(12(21)22)11(7-20)15(16,17)18/h2-5,10-11H,6-7H2,1H3,(H,19,24)(H,21,22)/t10-,11-/m1/s1. The van der Waals surface area contributed by atoms with Crippen LogP contribution in [0.5, 0.6) is 0 Å². The van der Waals surface area contributed by atoms with Crippen molar-refractivity contribution in [1.82, 2.24) is 4.90 Å². The van der Waals surface area contributed by atoms with Gasteiger partial charge in [0.2, 0.25) is 0 Å². The number of benzene rings is 1. The maximum atomic E-state index is 12.9. The number of nitrogens with one attached hydrogen (secondary N) is 1. The summed E-state index contributed by atoms with van der Waals surface area (Å²) in [5.74, 6) is -5.99. The van der Waals surface area contributed by atoms with Crippen LogP contribution in [-0.2, 0) is 9.53 Å². The van der Waals surface area contributed by atoms with E-state index in [1.165, 1.54) is 31.4 Å². The molecule has 10 heteroatoms. The van der Waals surface area contributed by atoms with Crippen LogP contribution in [-0.4, -0.2) is 54.4 Å². The molecular formula is C15H15F3N2O5. The number of urea groups is 1. The van der Waals surface area contributed by atoms with Gasteiger partial charge in [0, 0.05) is 18.8 Å². The van der Waals surface area contributed by atoms with Gasteiger partial charge in [0.05, 0.1) is 24.5 Å². The molecule has 25 heavy (non-hydrogen) atoms. The number of hydrogen-bond donors (Lipinski definition) is 2. The van der Waals surface area contributed by atoms with Crippen LogP contribution < -0.4 is 5.32 Å². The second-order valence-corrected chi connectivity index (χ2v) is 5.50. The number of methoxy groups -OCH3 is 1. The summed E-state index contributed by atoms with van der Waals surface area (Å²) in [5.41, 5.74) is 0.490. The molecule has 1 aliphatic heterocycles. The Hall–Kier alpha value is -2.78. The van der Waals surface area contributed by atoms with Crippen LogP contribution in [0.4, 0.5) is 23.7 Å². The van der Waals surface area contributed by atoms with Crippen molar-refractivity contribution in [2.24, 2.45) is 11.8 Å². The molecular weight excluding hydrogens is 345 g/mol. The van der Waals surface area contributed by atoms with Crippen molar-refractivity contribution in [3.05, 3.63) is 29.8 Å². The number of likely N-dealkylation sites (tertiary alicyclic amines) is 1. The first kappa shape index (κ1) is 18.6. The van der Waals surface area contributed by atoms with E-state index in [1.54, 1.807) is 0 Å². The molecule has 0 saturated carbocycles. The average molecular weight is 360 g/mol. The van der Waals surface area contributed by atoms with Gasteiger partial charge in [0.15, 0.2) is 0 Å². The summed E-state index contributed by atoms with van der Waals surface area (Å²) in [6.45, 7) is -1.27. The van der Waals surface area contributed by atoms with Crippen LogP contribution >= 0.6 is 0 Å². The predicted octanol–water partition coefficient (Wildman–Crippen LogP) is 2.20. The third-order valence-electron chi connectivity index (χ3n) is 3.90. The van der Waals surface area contributed by atoms with Gasteiger partial charge in [0.25, 0.3) is 0 Å². The normalized spacial score (nSPS) is 20.2. The predicted molar refractivity (Wildman–Crippen MR) is 79.0 cm³/mol. The fourth-order valence-corrected chi connectivity index (χ4v) is 2.56. The Bertz CT molecular complexity index is 675. The first-order valence-corrected chi connectivity index (χ1v) is 7.17. The molecule has 0 aliphatic carbocycles. The van der Waals surface area contributed by atoms with Crippen molar-refractivity contribution in [2.75, 3.05) is 25.5 Å². The number of ether oxygens (including phenoxy) is 1. The quantitative estimate of drug-likeness (QED) is 0.806. The molecule has 7 nitrogen and oxygen atoms in total. The summed E-state index contributed by atoms with van der Waals surface area (Å²) >= 11 is 0. The number of carboxylic acid groups (broad SMARTS) is 1. The minimum Gasteiger partial charge on any atom is -0.481 e. The summed E-state index contributed by atoms with van der Waals surface area (Å²) < 4.78 is 43.3. The second kappa shape index (κ2) is 6.99. The van der Waals surface area contributed by atoms with Gasteiger partial charge in [-0.15, -0.1) is 0 Å². The Morgan fingerprint density at radius 1 is 1.20 bits per heavy atom. The highest BCUT2D eigenvalue weighted by Crippen LogP contribution is 2.37. The number of anilines is 1. The molecule has 1 aromatic carbocycles. The van der Waals surface area contributed by atoms with E-state index in [2.05, 4.69) is 10.1 Å². The van der Waals surface area contributed by atoms with E-state index in [-0.39, 0.29) is 11.3 Å². The molecule has 0 unspecified atom stereocenters. The Balaban J connectivity index is 2.06. The molecule has 1 heterocycles. The highest BCUT2D eigenvalue weighted by molar-refractivity contribution is 5.92. The molecule has 2 rings (SSSR count). The molecule has 1 fully saturated rings. The fraction of sp³-hybridized carbons (Fsp3) is 0.400. The number of carbonyl (C=O) groups excluding carboxylic acids is 2. The highest BCUT2D eigenvalue weighted by Gasteiger charge is 2.53. The van der Waals surface area contributed by atoms with E-state index in [4.69, 9.17) is 5.11 Å². The summed E-state index contributed by atoms with van der Waals surface area (Å²) in [7, 11) is 1.21. The SMILES string of the molecule is COC(=O)c1ccc(NC(=O)N2C[C@@H](C(F)(F)F)[C@H](C(=O)O)C2)cc1. The van der Waals surface area contributed by atoms with E-state index in [9.17, 15) is 27.6 Å². The van der Waals surface area contributed by atoms with Gasteiger partial charge in [-0.2, -0.15) is 13.2 Å². The molecule has 2 amide bonds. The molecule has 1 aromatic rings. The number of halogens is 3. The van der Waals surface area contributed by atoms with E-state index in [0.717, 1.165) is 4.90 Å². The van der Waals surface area contributed by atoms with Crippen molar-refractivity contribution >= 4 is 23.7 Å². The lowest BCUT2D eigenvalue weighted by atomic mass is 9.96. The minimum absolute atomic E-state index is 0.241. The number of esters is 1. The Morgan fingerprint density at radius 2 is 1.80 bits per heavy atom. The number of aliphatic carboxylic acids is 1. The van der Waals surface area contributed by atoms with Gasteiger partial charge < -0.3 is 20.1 Å². The molecule has 1 saturated heterocycles. The molecule has 0 spiro atoms. The Labute approximate surface area is 140 Å². The van der Waals surface area contributed by atoms with Gasteiger partial charge in [-0.05, 0) is 24.3 Å². The lowest BCUT2D eigenvalue weighted by molar-refractivity contribution is -0.187. The summed E-state index contributed by atoms with van der Waals surface area (Å²) in [5, 5.41) is 11.3. The van der Waals surface area contributed by atoms with Crippen molar-refractivity contribution in [3.63, 3.8) is 0 Å². The van der Waals surface area contributed by atoms with E-state index < -0.39 is 49.1 Å². The van der Waals surface area contributed by atoms with Crippen LogP contribution in [0.2, 0.25) is 0 Å². The fourth-order valence-electron chi connectivity index (χ4n) is 2.56. The highest BCUT2D eigenvalue weighted by atomic mass is 19.4. The number of amides is 2. The summed E-state index contributed by atoms with van der Waals surface area (Å²) in [6, 6.07) is 4.68. The van der Waals surface area contributed by atoms with Crippen LogP contribution in [0.3, 0.4) is 0 Å². The molecule has 2 N–H and O–H groups in total. The average Bonchev–Trinajstić information content (AvgIpc) is 3.01. The number of carboxylic acids is 1. The molecule has 0 bridgehead atoms. The third-order valence-corrected chi connectivity index (χ3v) is 3.90. The number of nitrogens with zero attached hydrogens (tertiary/aromatic N) is 1. The number of carbonyl (C=O) groups is 3.